The second-order valence-electron chi connectivity index (χ2n) is 15.7. The molecule has 6 unspecified atom stereocenters. The van der Waals surface area contributed by atoms with E-state index in [1.807, 2.05) is 48.5 Å². The Labute approximate surface area is 338 Å². The number of ether oxygens (including phenoxy) is 1. The van der Waals surface area contributed by atoms with Crippen molar-refractivity contribution in [3.8, 4) is 5.75 Å². The summed E-state index contributed by atoms with van der Waals surface area (Å²) in [5.41, 5.74) is 5.28. The van der Waals surface area contributed by atoms with E-state index in [1.54, 1.807) is 42.5 Å². The number of halogens is 2. The Hall–Kier alpha value is -6.04. The molecule has 12 heteroatoms. The van der Waals surface area contributed by atoms with Gasteiger partial charge < -0.3 is 14.7 Å². The highest BCUT2D eigenvalue weighted by Gasteiger charge is 2.70. The number of anilines is 3. The van der Waals surface area contributed by atoms with Crippen LogP contribution in [0.1, 0.15) is 29.9 Å². The third-order valence-electron chi connectivity index (χ3n) is 13.0. The van der Waals surface area contributed by atoms with Crippen molar-refractivity contribution < 1.29 is 33.4 Å². The van der Waals surface area contributed by atoms with Gasteiger partial charge in [-0.15, -0.1) is 0 Å². The summed E-state index contributed by atoms with van der Waals surface area (Å²) in [7, 11) is 0. The van der Waals surface area contributed by atoms with Crippen molar-refractivity contribution in [1.82, 2.24) is 5.01 Å². The molecule has 1 saturated carbocycles. The van der Waals surface area contributed by atoms with Crippen LogP contribution < -0.4 is 15.2 Å². The highest BCUT2D eigenvalue weighted by molar-refractivity contribution is 6.30. The van der Waals surface area contributed by atoms with Crippen molar-refractivity contribution >= 4 is 63.1 Å². The maximum atomic E-state index is 15.5. The Bertz CT molecular complexity index is 2540. The first-order valence-corrected chi connectivity index (χ1v) is 19.9. The maximum absolute atomic E-state index is 15.5. The number of carbonyl (C=O) groups excluding carboxylic acids is 4. The minimum absolute atomic E-state index is 0.0572. The summed E-state index contributed by atoms with van der Waals surface area (Å²) in [6.45, 7) is 2.74. The van der Waals surface area contributed by atoms with Gasteiger partial charge in [0.15, 0.2) is 0 Å². The van der Waals surface area contributed by atoms with Crippen LogP contribution in [0, 0.1) is 29.5 Å². The molecule has 0 bridgehead atoms. The molecule has 0 spiro atoms. The lowest BCUT2D eigenvalue weighted by molar-refractivity contribution is -0.138. The molecule has 2 aliphatic carbocycles. The number of carbonyl (C=O) groups is 4. The number of nitrogens with zero attached hydrogens (tertiary/aromatic N) is 3. The number of fused-ring (bicyclic) bond motifs is 5. The molecule has 4 fully saturated rings. The lowest BCUT2D eigenvalue weighted by Crippen LogP contribution is -2.53. The van der Waals surface area contributed by atoms with Gasteiger partial charge in [-0.05, 0) is 102 Å². The quantitative estimate of drug-likeness (QED) is 0.135. The molecule has 5 aromatic carbocycles. The minimum atomic E-state index is -1.55. The highest BCUT2D eigenvalue weighted by Crippen LogP contribution is 2.65. The number of hydrazine groups is 1. The first kappa shape index (κ1) is 36.3. The second kappa shape index (κ2) is 13.8. The lowest BCUT2D eigenvalue weighted by Gasteiger charge is -2.51. The summed E-state index contributed by atoms with van der Waals surface area (Å²) in [4.78, 5) is 63.3. The number of amides is 4. The molecule has 2 N–H and O–H groups in total. The average Bonchev–Trinajstić information content (AvgIpc) is 3.63. The van der Waals surface area contributed by atoms with Crippen LogP contribution in [0.25, 0.3) is 10.8 Å². The zero-order chi connectivity index (χ0) is 39.9. The van der Waals surface area contributed by atoms with E-state index >= 15 is 9.59 Å². The van der Waals surface area contributed by atoms with Gasteiger partial charge in [-0.1, -0.05) is 65.7 Å². The summed E-state index contributed by atoms with van der Waals surface area (Å²) in [5, 5.41) is 13.8. The average molecular weight is 797 g/mol. The fourth-order valence-corrected chi connectivity index (χ4v) is 10.6. The summed E-state index contributed by atoms with van der Waals surface area (Å²) in [6, 6.07) is 30.5. The number of phenols is 1. The standard InChI is InChI=1S/C46H38ClFN4O6/c47-27-7-5-26(6-8-27)46-38(43(55)52(45(46)57)49-29-11-9-28(48)10-12-29)25-37-35(41(46)34-19-20-39(53)33-4-2-1-3-32(33)34)17-18-36-40(37)44(56)51(42(36)54)31-15-13-30(14-16-31)50-21-23-58-24-22-50/h1-17,19-20,36-38,40-41,49,53H,18,21-25H2. The van der Waals surface area contributed by atoms with Gasteiger partial charge in [0.2, 0.25) is 11.8 Å². The number of rotatable bonds is 6. The van der Waals surface area contributed by atoms with E-state index in [4.69, 9.17) is 16.3 Å². The fraction of sp³-hybridized carbons (Fsp3) is 0.261. The Kier molecular flexibility index (Phi) is 8.65. The van der Waals surface area contributed by atoms with E-state index in [0.29, 0.717) is 51.5 Å². The molecule has 5 aromatic rings. The molecular weight excluding hydrogens is 759 g/mol. The number of nitrogens with one attached hydrogen (secondary N) is 1. The van der Waals surface area contributed by atoms with Crippen LogP contribution in [0.2, 0.25) is 5.02 Å². The van der Waals surface area contributed by atoms with Gasteiger partial charge in [0.1, 0.15) is 11.6 Å². The summed E-state index contributed by atoms with van der Waals surface area (Å²) < 4.78 is 19.5. The van der Waals surface area contributed by atoms with Crippen LogP contribution in [-0.2, 0) is 29.3 Å². The topological polar surface area (TPSA) is 119 Å². The van der Waals surface area contributed by atoms with Gasteiger partial charge in [-0.2, -0.15) is 5.01 Å². The van der Waals surface area contributed by atoms with Crippen molar-refractivity contribution in [2.45, 2.75) is 24.2 Å². The fourth-order valence-electron chi connectivity index (χ4n) is 10.4. The number of hydrogen-bond acceptors (Lipinski definition) is 8. The first-order valence-electron chi connectivity index (χ1n) is 19.5. The van der Waals surface area contributed by atoms with Crippen LogP contribution in [0.15, 0.2) is 121 Å². The van der Waals surface area contributed by atoms with Crippen molar-refractivity contribution in [3.05, 3.63) is 143 Å². The number of aromatic hydroxyl groups is 1. The van der Waals surface area contributed by atoms with Gasteiger partial charge in [0.25, 0.3) is 11.8 Å². The number of imide groups is 2. The highest BCUT2D eigenvalue weighted by atomic mass is 35.5. The molecule has 58 heavy (non-hydrogen) atoms. The van der Waals surface area contributed by atoms with Crippen molar-refractivity contribution in [2.24, 2.45) is 23.7 Å². The Morgan fingerprint density at radius 3 is 2.17 bits per heavy atom. The molecule has 3 aliphatic heterocycles. The Morgan fingerprint density at radius 1 is 0.759 bits per heavy atom. The molecule has 10 rings (SSSR count). The normalized spacial score (nSPS) is 26.8. The molecule has 3 saturated heterocycles. The van der Waals surface area contributed by atoms with Crippen molar-refractivity contribution in [3.63, 3.8) is 0 Å². The smallest absolute Gasteiger partial charge is 0.260 e. The summed E-state index contributed by atoms with van der Waals surface area (Å²) in [5.74, 6) is -5.93. The van der Waals surface area contributed by atoms with E-state index in [0.717, 1.165) is 29.4 Å². The number of hydrogen-bond donors (Lipinski definition) is 2. The third-order valence-corrected chi connectivity index (χ3v) is 13.2. The molecule has 0 radical (unpaired) electrons. The van der Waals surface area contributed by atoms with E-state index < -0.39 is 52.6 Å². The van der Waals surface area contributed by atoms with Crippen molar-refractivity contribution in [2.75, 3.05) is 41.5 Å². The van der Waals surface area contributed by atoms with Gasteiger partial charge in [0, 0.05) is 35.1 Å². The number of allylic oxidation sites excluding steroid dienone is 2. The van der Waals surface area contributed by atoms with Gasteiger partial charge in [0.05, 0.1) is 47.8 Å². The van der Waals surface area contributed by atoms with Crippen LogP contribution >= 0.6 is 11.6 Å². The van der Waals surface area contributed by atoms with Crippen LogP contribution in [0.5, 0.6) is 5.75 Å². The molecule has 6 atom stereocenters. The Balaban J connectivity index is 1.13. The monoisotopic (exact) mass is 796 g/mol. The number of morpholine rings is 1. The van der Waals surface area contributed by atoms with Gasteiger partial charge in [-0.25, -0.2) is 4.39 Å². The molecule has 10 nitrogen and oxygen atoms in total. The minimum Gasteiger partial charge on any atom is -0.507 e. The van der Waals surface area contributed by atoms with Gasteiger partial charge >= 0.3 is 0 Å². The zero-order valence-electron chi connectivity index (χ0n) is 31.2. The number of phenolic OH excluding ortho intramolecular Hbond substituents is 1. The van der Waals surface area contributed by atoms with Crippen LogP contribution in [-0.4, -0.2) is 60.0 Å². The van der Waals surface area contributed by atoms with Crippen LogP contribution in [0.3, 0.4) is 0 Å². The van der Waals surface area contributed by atoms with E-state index in [9.17, 15) is 19.1 Å². The maximum Gasteiger partial charge on any atom is 0.260 e. The molecular formula is C46H38ClFN4O6. The van der Waals surface area contributed by atoms with E-state index in [1.165, 1.54) is 29.2 Å². The molecule has 4 amide bonds. The first-order chi connectivity index (χ1) is 28.2. The molecule has 5 aliphatic rings. The van der Waals surface area contributed by atoms with Gasteiger partial charge in [-0.3, -0.25) is 29.5 Å². The second-order valence-corrected chi connectivity index (χ2v) is 16.2. The predicted octanol–water partition coefficient (Wildman–Crippen LogP) is 7.36. The van der Waals surface area contributed by atoms with Crippen molar-refractivity contribution in [1.29, 1.82) is 0 Å². The Morgan fingerprint density at radius 2 is 1.45 bits per heavy atom. The molecule has 3 heterocycles. The zero-order valence-corrected chi connectivity index (χ0v) is 31.9. The SMILES string of the molecule is O=C1C2CC3C(=CCC4C(=O)N(c5ccc(N6CCOCC6)cc5)C(=O)C43)C(c3ccc(O)c4ccccc34)C2(c2ccc(Cl)cc2)C(=O)N1Nc1ccc(F)cc1. The third kappa shape index (κ3) is 5.40. The predicted molar refractivity (Wildman–Crippen MR) is 217 cm³/mol. The molecule has 292 valence electrons. The van der Waals surface area contributed by atoms with E-state index in [-0.39, 0.29) is 30.4 Å². The molecule has 0 aromatic heterocycles. The lowest BCUT2D eigenvalue weighted by atomic mass is 9.49. The summed E-state index contributed by atoms with van der Waals surface area (Å²) >= 11 is 6.44. The van der Waals surface area contributed by atoms with Crippen LogP contribution in [0.4, 0.5) is 21.5 Å². The largest absolute Gasteiger partial charge is 0.507 e. The van der Waals surface area contributed by atoms with E-state index in [2.05, 4.69) is 10.3 Å². The number of benzene rings is 5. The summed E-state index contributed by atoms with van der Waals surface area (Å²) in [6.07, 6.45) is 2.38.